The molecule has 4 aromatic rings. The van der Waals surface area contributed by atoms with Crippen molar-refractivity contribution in [1.82, 2.24) is 0 Å². The topological polar surface area (TPSA) is 0 Å². The van der Waals surface area contributed by atoms with Crippen LogP contribution in [0, 0.1) is 6.92 Å². The van der Waals surface area contributed by atoms with Crippen molar-refractivity contribution in [3.05, 3.63) is 96.1 Å². The second-order valence-electron chi connectivity index (χ2n) is 9.01. The fourth-order valence-electron chi connectivity index (χ4n) is 3.62. The Morgan fingerprint density at radius 1 is 0.697 bits per heavy atom. The van der Waals surface area contributed by atoms with Crippen LogP contribution in [0.4, 0.5) is 0 Å². The van der Waals surface area contributed by atoms with E-state index in [0.717, 1.165) is 6.42 Å². The van der Waals surface area contributed by atoms with Gasteiger partial charge in [0.15, 0.2) is 0 Å². The molecule has 0 amide bonds. The maximum atomic E-state index is 4.60. The second kappa shape index (κ2) is 9.42. The van der Waals surface area contributed by atoms with Crippen molar-refractivity contribution in [2.75, 3.05) is 12.5 Å². The molecule has 1 unspecified atom stereocenters. The fraction of sp³-hybridized carbons (Fsp3) is 0.133. The number of hydrogen-bond donors (Lipinski definition) is 0. The molecule has 0 radical (unpaired) electrons. The van der Waals surface area contributed by atoms with Crippen LogP contribution in [-0.2, 0) is 6.42 Å². The summed E-state index contributed by atoms with van der Waals surface area (Å²) in [5, 5.41) is 2.41. The van der Waals surface area contributed by atoms with E-state index >= 15 is 0 Å². The van der Waals surface area contributed by atoms with E-state index in [-0.39, 0.29) is 0 Å². The third-order valence-electron chi connectivity index (χ3n) is 5.77. The Balaban J connectivity index is 1.49. The largest absolute Gasteiger partial charge is 0.190 e. The van der Waals surface area contributed by atoms with Crippen LogP contribution in [0.25, 0.3) is 21.6 Å². The number of benzene rings is 3. The van der Waals surface area contributed by atoms with Crippen molar-refractivity contribution in [1.29, 1.82) is 0 Å². The lowest BCUT2D eigenvalue weighted by atomic mass is 10.0. The summed E-state index contributed by atoms with van der Waals surface area (Å²) >= 11 is 1.87. The molecular weight excluding hydrogens is 457 g/mol. The summed E-state index contributed by atoms with van der Waals surface area (Å²) < 4.78 is 1.37. The van der Waals surface area contributed by atoms with E-state index in [1.54, 1.807) is 0 Å². The van der Waals surface area contributed by atoms with Gasteiger partial charge in [0.2, 0.25) is 0 Å². The van der Waals surface area contributed by atoms with Gasteiger partial charge in [-0.2, -0.15) is 18.4 Å². The van der Waals surface area contributed by atoms with Crippen molar-refractivity contribution in [3.63, 3.8) is 0 Å². The minimum absolute atomic E-state index is 0.928. The molecular formula is C30H32S3. The van der Waals surface area contributed by atoms with Gasteiger partial charge in [0.05, 0.1) is 0 Å². The maximum absolute atomic E-state index is 4.60. The van der Waals surface area contributed by atoms with Gasteiger partial charge in [0.1, 0.15) is 0 Å². The molecule has 33 heavy (non-hydrogen) atoms. The summed E-state index contributed by atoms with van der Waals surface area (Å²) in [6, 6.07) is 30.8. The normalized spacial score (nSPS) is 13.4. The Morgan fingerprint density at radius 3 is 1.82 bits per heavy atom. The Kier molecular flexibility index (Phi) is 6.76. The van der Waals surface area contributed by atoms with E-state index in [0.29, 0.717) is 0 Å². The molecule has 4 rings (SSSR count). The maximum Gasteiger partial charge on any atom is 0.0495 e. The van der Waals surface area contributed by atoms with Gasteiger partial charge in [0.25, 0.3) is 0 Å². The first-order valence-electron chi connectivity index (χ1n) is 10.9. The van der Waals surface area contributed by atoms with E-state index in [9.17, 15) is 0 Å². The van der Waals surface area contributed by atoms with Crippen LogP contribution in [-0.4, -0.2) is 35.5 Å². The van der Waals surface area contributed by atoms with Gasteiger partial charge >= 0.3 is 0 Å². The standard InChI is InChI=1S/C30H32S3/c1-23-7-11-27(12-8-23)29-19-20-30(31-29)33(5,6)22-21-24-9-13-25(14-10-24)26-15-17-28(18-16-26)32(2,3)4/h7-20,22H,2-3,5,21H2,1,4,6H3. The van der Waals surface area contributed by atoms with Crippen molar-refractivity contribution in [3.8, 4) is 21.6 Å². The average Bonchev–Trinajstić information content (AvgIpc) is 3.30. The number of hydrogen-bond acceptors (Lipinski definition) is 1. The molecule has 3 aromatic carbocycles. The molecule has 0 aliphatic carbocycles. The molecule has 0 bridgehead atoms. The molecule has 1 atom stereocenters. The second-order valence-corrected chi connectivity index (χ2v) is 16.5. The van der Waals surface area contributed by atoms with Crippen LogP contribution in [0.15, 0.2) is 94.0 Å². The molecule has 170 valence electrons. The number of thiophene rings is 1. The number of rotatable bonds is 6. The van der Waals surface area contributed by atoms with Gasteiger partial charge in [-0.05, 0) is 77.3 Å². The van der Waals surface area contributed by atoms with E-state index < -0.39 is 18.4 Å². The minimum atomic E-state index is -1.20. The van der Waals surface area contributed by atoms with Gasteiger partial charge in [-0.1, -0.05) is 89.2 Å². The summed E-state index contributed by atoms with van der Waals surface area (Å²) in [6.45, 7) is 2.13. The van der Waals surface area contributed by atoms with E-state index in [2.05, 4.69) is 127 Å². The molecule has 0 fully saturated rings. The van der Waals surface area contributed by atoms with E-state index in [1.165, 1.54) is 41.8 Å². The van der Waals surface area contributed by atoms with Crippen LogP contribution in [0.5, 0.6) is 0 Å². The smallest absolute Gasteiger partial charge is 0.0495 e. The Labute approximate surface area is 204 Å². The van der Waals surface area contributed by atoms with Crippen molar-refractivity contribution in [2.45, 2.75) is 22.4 Å². The lowest BCUT2D eigenvalue weighted by Crippen LogP contribution is -1.89. The Hall–Kier alpha value is -2.46. The van der Waals surface area contributed by atoms with Crippen molar-refractivity contribution < 1.29 is 0 Å². The Bertz CT molecular complexity index is 1470. The average molecular weight is 489 g/mol. The van der Waals surface area contributed by atoms with Crippen molar-refractivity contribution >= 4 is 52.7 Å². The molecule has 1 heterocycles. The van der Waals surface area contributed by atoms with Gasteiger partial charge in [-0.15, -0.1) is 11.3 Å². The van der Waals surface area contributed by atoms with Crippen LogP contribution < -0.4 is 0 Å². The predicted molar refractivity (Wildman–Crippen MR) is 161 cm³/mol. The van der Waals surface area contributed by atoms with E-state index in [4.69, 9.17) is 0 Å². The SMILES string of the molecule is C=S(=C)(C)c1ccc(-c2ccc(CC=S(=C)(C)c3ccc(-c4ccc(C)cc4)s3)cc2)cc1. The Morgan fingerprint density at radius 2 is 1.24 bits per heavy atom. The molecule has 0 nitrogen and oxygen atoms in total. The zero-order chi connectivity index (χ0) is 23.6. The first-order valence-corrected chi connectivity index (χ1v) is 16.3. The lowest BCUT2D eigenvalue weighted by molar-refractivity contribution is 1.37. The van der Waals surface area contributed by atoms with Gasteiger partial charge < -0.3 is 0 Å². The molecule has 0 N–H and O–H groups in total. The molecule has 3 heteroatoms. The third-order valence-corrected chi connectivity index (χ3v) is 11.5. The van der Waals surface area contributed by atoms with E-state index in [1.807, 2.05) is 11.3 Å². The summed E-state index contributed by atoms with van der Waals surface area (Å²) in [5.41, 5.74) is 6.36. The molecule has 0 aliphatic heterocycles. The summed E-state index contributed by atoms with van der Waals surface area (Å²) in [4.78, 5) is 2.55. The van der Waals surface area contributed by atoms with Crippen LogP contribution in [0.1, 0.15) is 11.1 Å². The quantitative estimate of drug-likeness (QED) is 0.239. The first kappa shape index (κ1) is 23.7. The molecule has 0 spiro atoms. The zero-order valence-electron chi connectivity index (χ0n) is 19.7. The van der Waals surface area contributed by atoms with Crippen molar-refractivity contribution in [2.24, 2.45) is 0 Å². The molecule has 0 saturated carbocycles. The lowest BCUT2D eigenvalue weighted by Gasteiger charge is -2.10. The fourth-order valence-corrected chi connectivity index (χ4v) is 7.49. The third kappa shape index (κ3) is 5.73. The molecule has 0 aliphatic rings. The van der Waals surface area contributed by atoms with Gasteiger partial charge in [-0.25, -0.2) is 0 Å². The first-order chi connectivity index (χ1) is 15.6. The number of aryl methyl sites for hydroxylation is 1. The molecule has 1 aromatic heterocycles. The van der Waals surface area contributed by atoms with Gasteiger partial charge in [0, 0.05) is 9.09 Å². The highest BCUT2D eigenvalue weighted by atomic mass is 32.2. The zero-order valence-corrected chi connectivity index (χ0v) is 22.2. The highest BCUT2D eigenvalue weighted by Gasteiger charge is 2.07. The van der Waals surface area contributed by atoms with Crippen LogP contribution in [0.3, 0.4) is 0 Å². The summed E-state index contributed by atoms with van der Waals surface area (Å²) in [5.74, 6) is 13.0. The highest BCUT2D eigenvalue weighted by molar-refractivity contribution is 8.29. The van der Waals surface area contributed by atoms with Gasteiger partial charge in [-0.3, -0.25) is 0 Å². The summed E-state index contributed by atoms with van der Waals surface area (Å²) in [6.07, 6.45) is 5.33. The molecule has 0 saturated heterocycles. The highest BCUT2D eigenvalue weighted by Crippen LogP contribution is 2.40. The monoisotopic (exact) mass is 488 g/mol. The van der Waals surface area contributed by atoms with Crippen LogP contribution >= 0.6 is 29.7 Å². The summed E-state index contributed by atoms with van der Waals surface area (Å²) in [7, 11) is -2.38. The minimum Gasteiger partial charge on any atom is -0.190 e. The predicted octanol–water partition coefficient (Wildman–Crippen LogP) is 8.32. The van der Waals surface area contributed by atoms with Crippen LogP contribution in [0.2, 0.25) is 0 Å².